The highest BCUT2D eigenvalue weighted by molar-refractivity contribution is 6.31. The number of ether oxygens (including phenoxy) is 1. The maximum Gasteiger partial charge on any atom is 0.328 e. The van der Waals surface area contributed by atoms with Gasteiger partial charge in [0.05, 0.1) is 12.1 Å². The van der Waals surface area contributed by atoms with Crippen LogP contribution in [0.5, 0.6) is 5.75 Å². The molecule has 3 aromatic rings. The van der Waals surface area contributed by atoms with E-state index in [1.807, 2.05) is 36.4 Å². The minimum atomic E-state index is -1.05. The van der Waals surface area contributed by atoms with Gasteiger partial charge >= 0.3 is 5.97 Å². The standard InChI is InChI=1S/C25H27ClN4O3/c1-29(2)12-3-4-14-33-19-7-8-20-21(16-19)27-23(9-10-24(31)32)28-25(20)30-13-11-17-5-6-18(26)15-22(17)30/h5-10,15-16H,3-4,11-14H2,1-2H3,(H,31,32). The zero-order chi connectivity index (χ0) is 23.4. The molecule has 0 aliphatic carbocycles. The molecule has 172 valence electrons. The van der Waals surface area contributed by atoms with Crippen molar-refractivity contribution in [2.75, 3.05) is 38.7 Å². The summed E-state index contributed by atoms with van der Waals surface area (Å²) in [6.07, 6.45) is 5.36. The lowest BCUT2D eigenvalue weighted by atomic mass is 10.1. The fourth-order valence-corrected chi connectivity index (χ4v) is 4.08. The van der Waals surface area contributed by atoms with Crippen LogP contribution in [0.15, 0.2) is 42.5 Å². The Morgan fingerprint density at radius 1 is 1.21 bits per heavy atom. The van der Waals surface area contributed by atoms with Crippen LogP contribution in [-0.2, 0) is 11.2 Å². The number of fused-ring (bicyclic) bond motifs is 2. The summed E-state index contributed by atoms with van der Waals surface area (Å²) in [6, 6.07) is 11.7. The van der Waals surface area contributed by atoms with Crippen molar-refractivity contribution in [1.29, 1.82) is 0 Å². The van der Waals surface area contributed by atoms with Gasteiger partial charge in [0.1, 0.15) is 11.6 Å². The number of hydrogen-bond acceptors (Lipinski definition) is 6. The third kappa shape index (κ3) is 5.61. The fraction of sp³-hybridized carbons (Fsp3) is 0.320. The van der Waals surface area contributed by atoms with E-state index in [2.05, 4.69) is 28.9 Å². The van der Waals surface area contributed by atoms with Crippen molar-refractivity contribution >= 4 is 46.1 Å². The highest BCUT2D eigenvalue weighted by Crippen LogP contribution is 2.38. The molecule has 0 fully saturated rings. The van der Waals surface area contributed by atoms with Gasteiger partial charge < -0.3 is 19.6 Å². The van der Waals surface area contributed by atoms with E-state index in [0.717, 1.165) is 61.1 Å². The maximum atomic E-state index is 11.1. The first-order valence-electron chi connectivity index (χ1n) is 11.0. The number of nitrogens with zero attached hydrogens (tertiary/aromatic N) is 4. The van der Waals surface area contributed by atoms with Crippen LogP contribution >= 0.6 is 11.6 Å². The number of carbonyl (C=O) groups is 1. The maximum absolute atomic E-state index is 11.1. The van der Waals surface area contributed by atoms with Gasteiger partial charge in [0.2, 0.25) is 0 Å². The predicted octanol–water partition coefficient (Wildman–Crippen LogP) is 4.80. The zero-order valence-corrected chi connectivity index (χ0v) is 19.5. The predicted molar refractivity (Wildman–Crippen MR) is 132 cm³/mol. The van der Waals surface area contributed by atoms with Gasteiger partial charge in [0, 0.05) is 34.8 Å². The lowest BCUT2D eigenvalue weighted by Crippen LogP contribution is -2.16. The normalized spacial score (nSPS) is 13.3. The van der Waals surface area contributed by atoms with E-state index in [0.29, 0.717) is 23.0 Å². The van der Waals surface area contributed by atoms with Crippen LogP contribution in [-0.4, -0.2) is 59.7 Å². The Labute approximate surface area is 198 Å². The number of rotatable bonds is 9. The van der Waals surface area contributed by atoms with E-state index < -0.39 is 5.97 Å². The lowest BCUT2D eigenvalue weighted by molar-refractivity contribution is -0.131. The molecule has 4 rings (SSSR count). The quantitative estimate of drug-likeness (QED) is 0.358. The third-order valence-corrected chi connectivity index (χ3v) is 5.74. The number of halogens is 1. The molecule has 0 radical (unpaired) electrons. The molecule has 0 bridgehead atoms. The minimum absolute atomic E-state index is 0.332. The van der Waals surface area contributed by atoms with Crippen LogP contribution in [0.4, 0.5) is 11.5 Å². The number of aliphatic carboxylic acids is 1. The molecule has 0 saturated heterocycles. The second kappa shape index (κ2) is 10.2. The summed E-state index contributed by atoms with van der Waals surface area (Å²) in [6.45, 7) is 2.41. The van der Waals surface area contributed by atoms with Gasteiger partial charge in [-0.25, -0.2) is 14.8 Å². The molecule has 1 aliphatic rings. The molecule has 8 heteroatoms. The van der Waals surface area contributed by atoms with Crippen molar-refractivity contribution < 1.29 is 14.6 Å². The first-order chi connectivity index (χ1) is 15.9. The molecule has 2 heterocycles. The molecule has 7 nitrogen and oxygen atoms in total. The van der Waals surface area contributed by atoms with E-state index in [4.69, 9.17) is 26.4 Å². The zero-order valence-electron chi connectivity index (χ0n) is 18.8. The van der Waals surface area contributed by atoms with Crippen molar-refractivity contribution in [2.24, 2.45) is 0 Å². The minimum Gasteiger partial charge on any atom is -0.494 e. The highest BCUT2D eigenvalue weighted by atomic mass is 35.5. The number of unbranched alkanes of at least 4 members (excludes halogenated alkanes) is 1. The number of carboxylic acid groups (broad SMARTS) is 1. The summed E-state index contributed by atoms with van der Waals surface area (Å²) >= 11 is 6.26. The van der Waals surface area contributed by atoms with Crippen LogP contribution in [0, 0.1) is 0 Å². The summed E-state index contributed by atoms with van der Waals surface area (Å²) in [4.78, 5) is 24.6. The van der Waals surface area contributed by atoms with Crippen LogP contribution < -0.4 is 9.64 Å². The largest absolute Gasteiger partial charge is 0.494 e. The van der Waals surface area contributed by atoms with Crippen LogP contribution in [0.2, 0.25) is 5.02 Å². The molecule has 1 N–H and O–H groups in total. The Morgan fingerprint density at radius 2 is 2.06 bits per heavy atom. The molecule has 0 saturated carbocycles. The average Bonchev–Trinajstić information content (AvgIpc) is 3.19. The fourth-order valence-electron chi connectivity index (χ4n) is 3.92. The van der Waals surface area contributed by atoms with Crippen LogP contribution in [0.1, 0.15) is 24.2 Å². The third-order valence-electron chi connectivity index (χ3n) is 5.51. The smallest absolute Gasteiger partial charge is 0.328 e. The number of carboxylic acids is 1. The Morgan fingerprint density at radius 3 is 2.85 bits per heavy atom. The summed E-state index contributed by atoms with van der Waals surface area (Å²) in [5, 5.41) is 10.6. The molecular formula is C25H27ClN4O3. The molecule has 1 aromatic heterocycles. The Bertz CT molecular complexity index is 1200. The number of aromatic nitrogens is 2. The SMILES string of the molecule is CN(C)CCCCOc1ccc2c(N3CCc4ccc(Cl)cc43)nc(C=CC(=O)O)nc2c1. The first kappa shape index (κ1) is 23.0. The first-order valence-corrected chi connectivity index (χ1v) is 11.3. The number of benzene rings is 2. The van der Waals surface area contributed by atoms with Crippen LogP contribution in [0.3, 0.4) is 0 Å². The van der Waals surface area contributed by atoms with Crippen molar-refractivity contribution in [3.05, 3.63) is 58.9 Å². The number of anilines is 2. The van der Waals surface area contributed by atoms with E-state index in [1.54, 1.807) is 0 Å². The second-order valence-electron chi connectivity index (χ2n) is 8.29. The van der Waals surface area contributed by atoms with Gasteiger partial charge in [-0.2, -0.15) is 0 Å². The van der Waals surface area contributed by atoms with Crippen molar-refractivity contribution in [3.63, 3.8) is 0 Å². The molecule has 0 amide bonds. The van der Waals surface area contributed by atoms with Gasteiger partial charge in [-0.1, -0.05) is 17.7 Å². The van der Waals surface area contributed by atoms with Crippen LogP contribution in [0.25, 0.3) is 17.0 Å². The average molecular weight is 467 g/mol. The monoisotopic (exact) mass is 466 g/mol. The topological polar surface area (TPSA) is 78.8 Å². The Balaban J connectivity index is 1.67. The van der Waals surface area contributed by atoms with Crippen molar-refractivity contribution in [3.8, 4) is 5.75 Å². The van der Waals surface area contributed by atoms with Gasteiger partial charge in [0.25, 0.3) is 0 Å². The van der Waals surface area contributed by atoms with Gasteiger partial charge in [-0.15, -0.1) is 0 Å². The van der Waals surface area contributed by atoms with E-state index in [-0.39, 0.29) is 0 Å². The molecule has 1 aliphatic heterocycles. The van der Waals surface area contributed by atoms with Crippen molar-refractivity contribution in [1.82, 2.24) is 14.9 Å². The molecule has 0 unspecified atom stereocenters. The Hall–Kier alpha value is -3.16. The second-order valence-corrected chi connectivity index (χ2v) is 8.73. The van der Waals surface area contributed by atoms with E-state index in [9.17, 15) is 4.79 Å². The molecule has 33 heavy (non-hydrogen) atoms. The summed E-state index contributed by atoms with van der Waals surface area (Å²) in [7, 11) is 4.12. The van der Waals surface area contributed by atoms with E-state index in [1.165, 1.54) is 11.6 Å². The lowest BCUT2D eigenvalue weighted by Gasteiger charge is -2.21. The summed E-state index contributed by atoms with van der Waals surface area (Å²) in [5.41, 5.74) is 2.91. The molecular weight excluding hydrogens is 440 g/mol. The summed E-state index contributed by atoms with van der Waals surface area (Å²) < 4.78 is 5.95. The molecule has 0 spiro atoms. The van der Waals surface area contributed by atoms with Crippen molar-refractivity contribution in [2.45, 2.75) is 19.3 Å². The Kier molecular flexibility index (Phi) is 7.11. The summed E-state index contributed by atoms with van der Waals surface area (Å²) in [5.74, 6) is 0.741. The van der Waals surface area contributed by atoms with E-state index >= 15 is 0 Å². The molecule has 0 atom stereocenters. The van der Waals surface area contributed by atoms with Gasteiger partial charge in [0.15, 0.2) is 5.82 Å². The van der Waals surface area contributed by atoms with Gasteiger partial charge in [-0.05, 0) is 75.8 Å². The highest BCUT2D eigenvalue weighted by Gasteiger charge is 2.24. The number of hydrogen-bond donors (Lipinski definition) is 1. The van der Waals surface area contributed by atoms with Gasteiger partial charge in [-0.3, -0.25) is 0 Å². The molecule has 2 aromatic carbocycles.